The van der Waals surface area contributed by atoms with Gasteiger partial charge in [-0.25, -0.2) is 0 Å². The monoisotopic (exact) mass is 282 g/mol. The first-order valence-electron chi connectivity index (χ1n) is 6.78. The van der Waals surface area contributed by atoms with Crippen molar-refractivity contribution >= 4 is 0 Å². The maximum absolute atomic E-state index is 10.8. The van der Waals surface area contributed by atoms with E-state index < -0.39 is 5.60 Å². The van der Waals surface area contributed by atoms with E-state index in [9.17, 15) is 5.11 Å². The Hall–Kier alpha value is -2.38. The highest BCUT2D eigenvalue weighted by molar-refractivity contribution is 5.40. The number of rotatable bonds is 4. The number of nitrogens with zero attached hydrogens (tertiary/aromatic N) is 2. The molecule has 0 spiro atoms. The number of nitriles is 1. The quantitative estimate of drug-likeness (QED) is 0.936. The van der Waals surface area contributed by atoms with Crippen LogP contribution in [0.1, 0.15) is 37.5 Å². The Balaban J connectivity index is 2.35. The first kappa shape index (κ1) is 15.0. The van der Waals surface area contributed by atoms with Gasteiger partial charge in [0, 0.05) is 11.8 Å². The van der Waals surface area contributed by atoms with Gasteiger partial charge in [-0.1, -0.05) is 12.1 Å². The van der Waals surface area contributed by atoms with Crippen molar-refractivity contribution < 1.29 is 9.84 Å². The van der Waals surface area contributed by atoms with Crippen molar-refractivity contribution in [1.29, 1.82) is 5.26 Å². The van der Waals surface area contributed by atoms with Crippen LogP contribution in [0.3, 0.4) is 0 Å². The third-order valence-electron chi connectivity index (χ3n) is 3.22. The van der Waals surface area contributed by atoms with E-state index in [2.05, 4.69) is 11.1 Å². The summed E-state index contributed by atoms with van der Waals surface area (Å²) in [4.78, 5) is 4.13. The SMILES string of the molecule is CC(C)Oc1cncc(C(C)(O)c2ccc(C#N)cc2)c1. The molecule has 2 rings (SSSR count). The molecule has 1 unspecified atom stereocenters. The van der Waals surface area contributed by atoms with Gasteiger partial charge in [0.25, 0.3) is 0 Å². The van der Waals surface area contributed by atoms with Crippen molar-refractivity contribution in [2.75, 3.05) is 0 Å². The van der Waals surface area contributed by atoms with Crippen LogP contribution in [0.2, 0.25) is 0 Å². The Morgan fingerprint density at radius 1 is 1.19 bits per heavy atom. The maximum atomic E-state index is 10.8. The molecule has 1 atom stereocenters. The molecule has 4 nitrogen and oxygen atoms in total. The Kier molecular flexibility index (Phi) is 4.25. The van der Waals surface area contributed by atoms with Gasteiger partial charge in [0.2, 0.25) is 0 Å². The molecule has 0 aliphatic carbocycles. The second kappa shape index (κ2) is 5.94. The number of hydrogen-bond acceptors (Lipinski definition) is 4. The zero-order valence-corrected chi connectivity index (χ0v) is 12.4. The van der Waals surface area contributed by atoms with Crippen molar-refractivity contribution in [1.82, 2.24) is 4.98 Å². The second-order valence-corrected chi connectivity index (χ2v) is 5.34. The lowest BCUT2D eigenvalue weighted by Crippen LogP contribution is -2.23. The number of aromatic nitrogens is 1. The Bertz CT molecular complexity index is 655. The topological polar surface area (TPSA) is 66.1 Å². The fourth-order valence-electron chi connectivity index (χ4n) is 2.06. The number of ether oxygens (including phenoxy) is 1. The summed E-state index contributed by atoms with van der Waals surface area (Å²) in [5, 5.41) is 19.6. The summed E-state index contributed by atoms with van der Waals surface area (Å²) in [6.45, 7) is 5.57. The van der Waals surface area contributed by atoms with E-state index in [0.717, 1.165) is 0 Å². The van der Waals surface area contributed by atoms with Crippen molar-refractivity contribution in [3.05, 3.63) is 59.4 Å². The second-order valence-electron chi connectivity index (χ2n) is 5.34. The van der Waals surface area contributed by atoms with E-state index in [1.807, 2.05) is 13.8 Å². The van der Waals surface area contributed by atoms with E-state index in [-0.39, 0.29) is 6.10 Å². The average Bonchev–Trinajstić information content (AvgIpc) is 2.47. The standard InChI is InChI=1S/C17H18N2O2/c1-12(2)21-16-8-15(10-19-11-16)17(3,20)14-6-4-13(9-18)5-7-14/h4-8,10-12,20H,1-3H3. The van der Waals surface area contributed by atoms with Gasteiger partial charge in [0.05, 0.1) is 23.9 Å². The molecule has 0 fully saturated rings. The van der Waals surface area contributed by atoms with Gasteiger partial charge in [-0.3, -0.25) is 4.98 Å². The van der Waals surface area contributed by atoms with Crippen LogP contribution in [-0.4, -0.2) is 16.2 Å². The average molecular weight is 282 g/mol. The van der Waals surface area contributed by atoms with E-state index >= 15 is 0 Å². The third kappa shape index (κ3) is 3.39. The summed E-state index contributed by atoms with van der Waals surface area (Å²) < 4.78 is 5.61. The number of hydrogen-bond donors (Lipinski definition) is 1. The van der Waals surface area contributed by atoms with E-state index in [1.165, 1.54) is 0 Å². The zero-order chi connectivity index (χ0) is 15.5. The minimum atomic E-state index is -1.20. The first-order chi connectivity index (χ1) is 9.93. The van der Waals surface area contributed by atoms with Gasteiger partial charge in [0.15, 0.2) is 0 Å². The van der Waals surface area contributed by atoms with Crippen LogP contribution in [0.15, 0.2) is 42.7 Å². The van der Waals surface area contributed by atoms with Crippen LogP contribution in [-0.2, 0) is 5.60 Å². The summed E-state index contributed by atoms with van der Waals surface area (Å²) in [7, 11) is 0. The van der Waals surface area contributed by atoms with Gasteiger partial charge < -0.3 is 9.84 Å². The fraction of sp³-hybridized carbons (Fsp3) is 0.294. The molecule has 108 valence electrons. The molecule has 0 saturated carbocycles. The first-order valence-corrected chi connectivity index (χ1v) is 6.78. The van der Waals surface area contributed by atoms with Crippen LogP contribution in [0.4, 0.5) is 0 Å². The van der Waals surface area contributed by atoms with Crippen molar-refractivity contribution in [3.8, 4) is 11.8 Å². The molecule has 1 aromatic heterocycles. The number of benzene rings is 1. The molecule has 4 heteroatoms. The molecule has 0 radical (unpaired) electrons. The fourth-order valence-corrected chi connectivity index (χ4v) is 2.06. The van der Waals surface area contributed by atoms with Crippen molar-refractivity contribution in [2.24, 2.45) is 0 Å². The lowest BCUT2D eigenvalue weighted by molar-refractivity contribution is 0.101. The van der Waals surface area contributed by atoms with Gasteiger partial charge in [-0.05, 0) is 44.5 Å². The van der Waals surface area contributed by atoms with Crippen LogP contribution >= 0.6 is 0 Å². The smallest absolute Gasteiger partial charge is 0.138 e. The lowest BCUT2D eigenvalue weighted by atomic mass is 9.89. The summed E-state index contributed by atoms with van der Waals surface area (Å²) in [6.07, 6.45) is 3.28. The summed E-state index contributed by atoms with van der Waals surface area (Å²) >= 11 is 0. The molecule has 21 heavy (non-hydrogen) atoms. The Labute approximate surface area is 124 Å². The van der Waals surface area contributed by atoms with Crippen LogP contribution in [0, 0.1) is 11.3 Å². The van der Waals surface area contributed by atoms with Gasteiger partial charge in [0.1, 0.15) is 11.4 Å². The normalized spacial score (nSPS) is 13.5. The predicted molar refractivity (Wildman–Crippen MR) is 79.8 cm³/mol. The summed E-state index contributed by atoms with van der Waals surface area (Å²) in [5.41, 5.74) is 0.706. The van der Waals surface area contributed by atoms with Crippen molar-refractivity contribution in [3.63, 3.8) is 0 Å². The molecule has 1 N–H and O–H groups in total. The molecule has 1 aromatic carbocycles. The molecule has 0 saturated heterocycles. The number of aliphatic hydroxyl groups is 1. The van der Waals surface area contributed by atoms with Gasteiger partial charge in [-0.15, -0.1) is 0 Å². The maximum Gasteiger partial charge on any atom is 0.138 e. The van der Waals surface area contributed by atoms with Crippen molar-refractivity contribution in [2.45, 2.75) is 32.5 Å². The van der Waals surface area contributed by atoms with E-state index in [0.29, 0.717) is 22.4 Å². The predicted octanol–water partition coefficient (Wildman–Crippen LogP) is 3.00. The summed E-state index contributed by atoms with van der Waals surface area (Å²) in [5.74, 6) is 0.622. The Morgan fingerprint density at radius 3 is 2.43 bits per heavy atom. The van der Waals surface area contributed by atoms with Crippen LogP contribution in [0.5, 0.6) is 5.75 Å². The third-order valence-corrected chi connectivity index (χ3v) is 3.22. The molecular formula is C17H18N2O2. The molecular weight excluding hydrogens is 264 g/mol. The summed E-state index contributed by atoms with van der Waals surface area (Å²) in [6, 6.07) is 10.7. The molecule has 1 heterocycles. The molecule has 0 aliphatic rings. The highest BCUT2D eigenvalue weighted by Gasteiger charge is 2.26. The highest BCUT2D eigenvalue weighted by Crippen LogP contribution is 2.30. The highest BCUT2D eigenvalue weighted by atomic mass is 16.5. The lowest BCUT2D eigenvalue weighted by Gasteiger charge is -2.25. The van der Waals surface area contributed by atoms with Gasteiger partial charge in [-0.2, -0.15) is 5.26 Å². The molecule has 2 aromatic rings. The minimum Gasteiger partial charge on any atom is -0.489 e. The minimum absolute atomic E-state index is 0.0434. The Morgan fingerprint density at radius 2 is 1.86 bits per heavy atom. The largest absolute Gasteiger partial charge is 0.489 e. The van der Waals surface area contributed by atoms with E-state index in [4.69, 9.17) is 10.00 Å². The zero-order valence-electron chi connectivity index (χ0n) is 12.4. The van der Waals surface area contributed by atoms with Gasteiger partial charge >= 0.3 is 0 Å². The van der Waals surface area contributed by atoms with E-state index in [1.54, 1.807) is 49.6 Å². The molecule has 0 amide bonds. The molecule has 0 aliphatic heterocycles. The van der Waals surface area contributed by atoms with Crippen LogP contribution < -0.4 is 4.74 Å². The number of pyridine rings is 1. The molecule has 0 bridgehead atoms. The van der Waals surface area contributed by atoms with Crippen LogP contribution in [0.25, 0.3) is 0 Å².